The fourth-order valence-electron chi connectivity index (χ4n) is 1.66. The Labute approximate surface area is 151 Å². The number of hydrogen-bond acceptors (Lipinski definition) is 2. The van der Waals surface area contributed by atoms with Crippen molar-refractivity contribution >= 4 is 15.9 Å². The maximum absolute atomic E-state index is 11.8. The molecule has 0 unspecified atom stereocenters. The maximum Gasteiger partial charge on any atom is 0.208 e. The van der Waals surface area contributed by atoms with Crippen LogP contribution in [0.3, 0.4) is 0 Å². The Morgan fingerprint density at radius 1 is 1.40 bits per heavy atom. The number of ether oxygens (including phenoxy) is 1. The third-order valence-corrected chi connectivity index (χ3v) is 3.20. The van der Waals surface area contributed by atoms with Crippen LogP contribution in [0.1, 0.15) is 0 Å². The predicted octanol–water partition coefficient (Wildman–Crippen LogP) is 2.62. The molecular weight excluding hydrogens is 395 g/mol. The molecule has 0 bridgehead atoms. The summed E-state index contributed by atoms with van der Waals surface area (Å²) in [5.74, 6) is 3.10. The summed E-state index contributed by atoms with van der Waals surface area (Å²) in [6.45, 7) is 0.238. The molecule has 0 saturated carbocycles. The SMILES string of the molecule is C#CCOc1ccc(-c2[c-]cc(Br)c(=O)n2C)cc1.[Y]. The number of hydrogen-bond donors (Lipinski definition) is 0. The van der Waals surface area contributed by atoms with Crippen molar-refractivity contribution in [1.29, 1.82) is 0 Å². The van der Waals surface area contributed by atoms with Gasteiger partial charge in [-0.25, -0.2) is 0 Å². The summed E-state index contributed by atoms with van der Waals surface area (Å²) in [5, 5.41) is 0. The summed E-state index contributed by atoms with van der Waals surface area (Å²) >= 11 is 3.19. The van der Waals surface area contributed by atoms with E-state index in [-0.39, 0.29) is 44.9 Å². The second-order valence-corrected chi connectivity index (χ2v) is 4.72. The van der Waals surface area contributed by atoms with Crippen molar-refractivity contribution < 1.29 is 37.4 Å². The van der Waals surface area contributed by atoms with Gasteiger partial charge in [0.25, 0.3) is 0 Å². The summed E-state index contributed by atoms with van der Waals surface area (Å²) < 4.78 is 7.33. The second kappa shape index (κ2) is 7.78. The molecule has 0 aliphatic heterocycles. The van der Waals surface area contributed by atoms with Gasteiger partial charge in [0.05, 0.1) is 0 Å². The second-order valence-electron chi connectivity index (χ2n) is 3.87. The quantitative estimate of drug-likeness (QED) is 0.580. The van der Waals surface area contributed by atoms with Crippen LogP contribution in [0, 0.1) is 18.4 Å². The van der Waals surface area contributed by atoms with E-state index in [2.05, 4.69) is 27.9 Å². The molecule has 0 spiro atoms. The van der Waals surface area contributed by atoms with E-state index in [1.165, 1.54) is 0 Å². The molecular formula is C15H11BrNO2Y-. The van der Waals surface area contributed by atoms with Gasteiger partial charge in [0.15, 0.2) is 0 Å². The molecule has 1 heterocycles. The van der Waals surface area contributed by atoms with Crippen molar-refractivity contribution in [3.05, 3.63) is 51.2 Å². The molecule has 5 heteroatoms. The zero-order valence-corrected chi connectivity index (χ0v) is 15.3. The van der Waals surface area contributed by atoms with E-state index in [4.69, 9.17) is 11.2 Å². The first-order valence-electron chi connectivity index (χ1n) is 5.57. The summed E-state index contributed by atoms with van der Waals surface area (Å²) in [6.07, 6.45) is 5.13. The summed E-state index contributed by atoms with van der Waals surface area (Å²) in [6, 6.07) is 12.1. The minimum absolute atomic E-state index is 0. The minimum atomic E-state index is -0.0959. The Balaban J connectivity index is 0.00000200. The summed E-state index contributed by atoms with van der Waals surface area (Å²) in [5.41, 5.74) is 1.51. The van der Waals surface area contributed by atoms with Gasteiger partial charge in [-0.3, -0.25) is 4.79 Å². The van der Waals surface area contributed by atoms with Crippen molar-refractivity contribution in [3.8, 4) is 29.4 Å². The first-order chi connectivity index (χ1) is 9.13. The molecule has 3 nitrogen and oxygen atoms in total. The standard InChI is InChI=1S/C15H11BrNO2.Y/c1-3-10-19-12-6-4-11(5-7-12)14-9-8-13(16)15(18)17(14)2;/h1,4-8H,10H2,2H3;/q-1;. The Morgan fingerprint density at radius 3 is 2.65 bits per heavy atom. The molecule has 0 N–H and O–H groups in total. The van der Waals surface area contributed by atoms with Gasteiger partial charge in [0.1, 0.15) is 12.4 Å². The van der Waals surface area contributed by atoms with Crippen LogP contribution in [0.15, 0.2) is 39.6 Å². The molecule has 2 aromatic rings. The van der Waals surface area contributed by atoms with Gasteiger partial charge >= 0.3 is 0 Å². The van der Waals surface area contributed by atoms with Gasteiger partial charge in [0.2, 0.25) is 5.56 Å². The number of pyridine rings is 1. The fraction of sp³-hybridized carbons (Fsp3) is 0.133. The van der Waals surface area contributed by atoms with Gasteiger partial charge in [0, 0.05) is 39.8 Å². The zero-order valence-electron chi connectivity index (χ0n) is 10.9. The number of benzene rings is 1. The first kappa shape index (κ1) is 17.2. The fourth-order valence-corrected chi connectivity index (χ4v) is 2.04. The van der Waals surface area contributed by atoms with Gasteiger partial charge in [-0.2, -0.15) is 12.1 Å². The minimum Gasteiger partial charge on any atom is -0.481 e. The van der Waals surface area contributed by atoms with E-state index in [0.29, 0.717) is 10.2 Å². The summed E-state index contributed by atoms with van der Waals surface area (Å²) in [7, 11) is 1.71. The molecule has 0 atom stereocenters. The zero-order chi connectivity index (χ0) is 13.8. The van der Waals surface area contributed by atoms with E-state index in [9.17, 15) is 4.79 Å². The van der Waals surface area contributed by atoms with E-state index in [0.717, 1.165) is 11.3 Å². The van der Waals surface area contributed by atoms with Gasteiger partial charge in [-0.15, -0.1) is 34.5 Å². The third kappa shape index (κ3) is 3.82. The van der Waals surface area contributed by atoms with Crippen LogP contribution < -0.4 is 10.3 Å². The van der Waals surface area contributed by atoms with Crippen molar-refractivity contribution in [1.82, 2.24) is 4.57 Å². The number of aromatic nitrogens is 1. The number of halogens is 1. The average Bonchev–Trinajstić information content (AvgIpc) is 2.44. The van der Waals surface area contributed by atoms with Crippen LogP contribution in [0.2, 0.25) is 0 Å². The molecule has 0 fully saturated rings. The molecule has 1 aromatic carbocycles. The Bertz CT molecular complexity index is 687. The molecule has 99 valence electrons. The van der Waals surface area contributed by atoms with Gasteiger partial charge in [-0.1, -0.05) is 17.2 Å². The third-order valence-electron chi connectivity index (χ3n) is 2.63. The maximum atomic E-state index is 11.8. The van der Waals surface area contributed by atoms with Crippen molar-refractivity contribution in [2.75, 3.05) is 6.61 Å². The van der Waals surface area contributed by atoms with Crippen LogP contribution in [-0.2, 0) is 39.8 Å². The molecule has 0 amide bonds. The van der Waals surface area contributed by atoms with Crippen LogP contribution >= 0.6 is 15.9 Å². The molecule has 1 aromatic heterocycles. The largest absolute Gasteiger partial charge is 0.481 e. The average molecular weight is 406 g/mol. The van der Waals surface area contributed by atoms with Crippen LogP contribution in [0.5, 0.6) is 5.75 Å². The number of rotatable bonds is 3. The Morgan fingerprint density at radius 2 is 2.05 bits per heavy atom. The number of terminal acetylenes is 1. The van der Waals surface area contributed by atoms with Crippen LogP contribution in [0.4, 0.5) is 0 Å². The van der Waals surface area contributed by atoms with Crippen LogP contribution in [-0.4, -0.2) is 11.2 Å². The first-order valence-corrected chi connectivity index (χ1v) is 6.36. The topological polar surface area (TPSA) is 31.2 Å². The smallest absolute Gasteiger partial charge is 0.208 e. The number of nitrogens with zero attached hydrogens (tertiary/aromatic N) is 1. The monoisotopic (exact) mass is 405 g/mol. The van der Waals surface area contributed by atoms with Gasteiger partial charge in [-0.05, 0) is 16.6 Å². The molecule has 0 aliphatic rings. The van der Waals surface area contributed by atoms with Crippen LogP contribution in [0.25, 0.3) is 11.3 Å². The van der Waals surface area contributed by atoms with E-state index < -0.39 is 0 Å². The molecule has 1 radical (unpaired) electrons. The molecule has 20 heavy (non-hydrogen) atoms. The summed E-state index contributed by atoms with van der Waals surface area (Å²) in [4.78, 5) is 11.8. The van der Waals surface area contributed by atoms with E-state index in [1.807, 2.05) is 24.3 Å². The van der Waals surface area contributed by atoms with Crippen molar-refractivity contribution in [2.45, 2.75) is 0 Å². The predicted molar refractivity (Wildman–Crippen MR) is 78.0 cm³/mol. The van der Waals surface area contributed by atoms with Crippen molar-refractivity contribution in [3.63, 3.8) is 0 Å². The molecule has 0 saturated heterocycles. The Kier molecular flexibility index (Phi) is 6.68. The van der Waals surface area contributed by atoms with Gasteiger partial charge < -0.3 is 9.30 Å². The normalized spacial score (nSPS) is 9.45. The van der Waals surface area contributed by atoms with E-state index in [1.54, 1.807) is 17.7 Å². The van der Waals surface area contributed by atoms with Crippen molar-refractivity contribution in [2.24, 2.45) is 7.05 Å². The van der Waals surface area contributed by atoms with E-state index >= 15 is 0 Å². The molecule has 0 aliphatic carbocycles. The Hall–Kier alpha value is -0.886. The molecule has 2 rings (SSSR count).